The van der Waals surface area contributed by atoms with E-state index in [4.69, 9.17) is 9.84 Å². The Morgan fingerprint density at radius 2 is 2.12 bits per heavy atom. The van der Waals surface area contributed by atoms with Crippen molar-refractivity contribution in [1.82, 2.24) is 4.90 Å². The van der Waals surface area contributed by atoms with Gasteiger partial charge in [0.05, 0.1) is 7.11 Å². The zero-order valence-electron chi connectivity index (χ0n) is 10.3. The molecule has 4 nitrogen and oxygen atoms in total. The summed E-state index contributed by atoms with van der Waals surface area (Å²) in [5, 5.41) is 8.68. The fraction of sp³-hybridized carbons (Fsp3) is 0.917. The van der Waals surface area contributed by atoms with E-state index >= 15 is 0 Å². The Balaban J connectivity index is 2.30. The van der Waals surface area contributed by atoms with E-state index in [0.717, 1.165) is 38.6 Å². The van der Waals surface area contributed by atoms with E-state index in [1.54, 1.807) is 0 Å². The number of rotatable bonds is 8. The van der Waals surface area contributed by atoms with E-state index in [1.165, 1.54) is 7.11 Å². The van der Waals surface area contributed by atoms with Crippen molar-refractivity contribution in [2.24, 2.45) is 5.92 Å². The number of hydrogen-bond acceptors (Lipinski definition) is 4. The average molecular weight is 229 g/mol. The van der Waals surface area contributed by atoms with Gasteiger partial charge in [0.1, 0.15) is 6.04 Å². The zero-order chi connectivity index (χ0) is 12.0. The summed E-state index contributed by atoms with van der Waals surface area (Å²) < 4.78 is 4.84. The van der Waals surface area contributed by atoms with Gasteiger partial charge in [-0.25, -0.2) is 0 Å². The first-order chi connectivity index (χ1) is 7.70. The smallest absolute Gasteiger partial charge is 0.323 e. The van der Waals surface area contributed by atoms with E-state index in [-0.39, 0.29) is 18.6 Å². The third-order valence-corrected chi connectivity index (χ3v) is 3.16. The lowest BCUT2D eigenvalue weighted by Gasteiger charge is -2.25. The second-order valence-corrected chi connectivity index (χ2v) is 4.57. The van der Waals surface area contributed by atoms with Gasteiger partial charge >= 0.3 is 5.97 Å². The van der Waals surface area contributed by atoms with E-state index < -0.39 is 0 Å². The maximum Gasteiger partial charge on any atom is 0.323 e. The molecular weight excluding hydrogens is 206 g/mol. The summed E-state index contributed by atoms with van der Waals surface area (Å²) in [6.07, 6.45) is 5.17. The van der Waals surface area contributed by atoms with Gasteiger partial charge in [0.15, 0.2) is 0 Å². The van der Waals surface area contributed by atoms with Gasteiger partial charge in [0.25, 0.3) is 0 Å². The first-order valence-electron chi connectivity index (χ1n) is 6.09. The van der Waals surface area contributed by atoms with Crippen LogP contribution >= 0.6 is 0 Å². The minimum Gasteiger partial charge on any atom is -0.468 e. The molecule has 0 heterocycles. The molecule has 16 heavy (non-hydrogen) atoms. The zero-order valence-corrected chi connectivity index (χ0v) is 10.3. The van der Waals surface area contributed by atoms with E-state index in [9.17, 15) is 4.79 Å². The van der Waals surface area contributed by atoms with Crippen LogP contribution in [0.25, 0.3) is 0 Å². The molecule has 1 saturated carbocycles. The van der Waals surface area contributed by atoms with Crippen molar-refractivity contribution in [1.29, 1.82) is 0 Å². The van der Waals surface area contributed by atoms with Crippen LogP contribution in [0.15, 0.2) is 0 Å². The topological polar surface area (TPSA) is 49.8 Å². The van der Waals surface area contributed by atoms with Gasteiger partial charge in [-0.1, -0.05) is 0 Å². The van der Waals surface area contributed by atoms with E-state index in [1.807, 2.05) is 7.05 Å². The number of methoxy groups -OCH3 is 1. The summed E-state index contributed by atoms with van der Waals surface area (Å²) in [6.45, 7) is 1.16. The number of hydrogen-bond donors (Lipinski definition) is 1. The minimum absolute atomic E-state index is 0.0564. The Labute approximate surface area is 97.6 Å². The van der Waals surface area contributed by atoms with Crippen LogP contribution in [0, 0.1) is 5.92 Å². The normalized spacial score (nSPS) is 17.5. The van der Waals surface area contributed by atoms with Crippen LogP contribution in [0.5, 0.6) is 0 Å². The quantitative estimate of drug-likeness (QED) is 0.499. The number of carbonyl (C=O) groups excluding carboxylic acids is 1. The second-order valence-electron chi connectivity index (χ2n) is 4.57. The Kier molecular flexibility index (Phi) is 5.77. The molecule has 0 aromatic rings. The fourth-order valence-electron chi connectivity index (χ4n) is 2.05. The number of aliphatic hydroxyl groups excluding tert-OH is 1. The molecule has 0 aromatic heterocycles. The lowest BCUT2D eigenvalue weighted by molar-refractivity contribution is -0.147. The Morgan fingerprint density at radius 1 is 1.44 bits per heavy atom. The van der Waals surface area contributed by atoms with Crippen LogP contribution < -0.4 is 0 Å². The molecular formula is C12H23NO3. The highest BCUT2D eigenvalue weighted by atomic mass is 16.5. The predicted molar refractivity (Wildman–Crippen MR) is 62.1 cm³/mol. The van der Waals surface area contributed by atoms with E-state index in [0.29, 0.717) is 5.92 Å². The molecule has 94 valence electrons. The maximum absolute atomic E-state index is 11.6. The maximum atomic E-state index is 11.6. The lowest BCUT2D eigenvalue weighted by atomic mass is 10.1. The minimum atomic E-state index is -0.104. The fourth-order valence-corrected chi connectivity index (χ4v) is 2.05. The van der Waals surface area contributed by atoms with E-state index in [2.05, 4.69) is 4.90 Å². The number of unbranched alkanes of at least 4 members (excludes halogenated alkanes) is 2. The van der Waals surface area contributed by atoms with Crippen LogP contribution in [0.1, 0.15) is 32.1 Å². The Morgan fingerprint density at radius 3 is 2.62 bits per heavy atom. The molecule has 0 aliphatic heterocycles. The van der Waals surface area contributed by atoms with Crippen molar-refractivity contribution in [3.63, 3.8) is 0 Å². The standard InChI is InChI=1S/C12H23NO3/c1-13(8-4-3-5-9-14)11(10-6-7-10)12(15)16-2/h10-11,14H,3-9H2,1-2H3. The van der Waals surface area contributed by atoms with Gasteiger partial charge < -0.3 is 9.84 Å². The summed E-state index contributed by atoms with van der Waals surface area (Å²) >= 11 is 0. The number of ether oxygens (including phenoxy) is 1. The average Bonchev–Trinajstić information content (AvgIpc) is 3.09. The van der Waals surface area contributed by atoms with Gasteiger partial charge in [-0.3, -0.25) is 9.69 Å². The molecule has 0 saturated heterocycles. The molecule has 0 aromatic carbocycles. The van der Waals surface area contributed by atoms with Crippen molar-refractivity contribution in [3.8, 4) is 0 Å². The summed E-state index contributed by atoms with van der Waals surface area (Å²) in [5.74, 6) is 0.391. The molecule has 0 amide bonds. The van der Waals surface area contributed by atoms with Crippen molar-refractivity contribution >= 4 is 5.97 Å². The third-order valence-electron chi connectivity index (χ3n) is 3.16. The highest BCUT2D eigenvalue weighted by Crippen LogP contribution is 2.35. The molecule has 0 bridgehead atoms. The number of likely N-dealkylation sites (N-methyl/N-ethyl adjacent to an activating group) is 1. The van der Waals surface area contributed by atoms with Crippen LogP contribution in [0.4, 0.5) is 0 Å². The molecule has 0 radical (unpaired) electrons. The van der Waals surface area contributed by atoms with Gasteiger partial charge in [-0.05, 0) is 51.6 Å². The molecule has 4 heteroatoms. The number of carbonyl (C=O) groups is 1. The number of aliphatic hydroxyl groups is 1. The molecule has 1 atom stereocenters. The summed E-state index contributed by atoms with van der Waals surface area (Å²) in [7, 11) is 3.44. The van der Waals surface area contributed by atoms with Gasteiger partial charge in [0, 0.05) is 6.61 Å². The molecule has 1 fully saturated rings. The van der Waals surface area contributed by atoms with Crippen LogP contribution in [-0.2, 0) is 9.53 Å². The predicted octanol–water partition coefficient (Wildman–Crippen LogP) is 1.03. The van der Waals surface area contributed by atoms with Gasteiger partial charge in [-0.2, -0.15) is 0 Å². The molecule has 1 rings (SSSR count). The highest BCUT2D eigenvalue weighted by Gasteiger charge is 2.39. The van der Waals surface area contributed by atoms with Gasteiger partial charge in [-0.15, -0.1) is 0 Å². The van der Waals surface area contributed by atoms with Crippen molar-refractivity contribution in [2.75, 3.05) is 27.3 Å². The first kappa shape index (κ1) is 13.5. The Bertz CT molecular complexity index is 216. The Hall–Kier alpha value is -0.610. The molecule has 1 aliphatic carbocycles. The number of esters is 1. The monoisotopic (exact) mass is 229 g/mol. The van der Waals surface area contributed by atoms with Crippen LogP contribution in [0.2, 0.25) is 0 Å². The molecule has 1 aliphatic rings. The SMILES string of the molecule is COC(=O)C(C1CC1)N(C)CCCCCO. The summed E-state index contributed by atoms with van der Waals surface area (Å²) in [6, 6.07) is -0.0564. The van der Waals surface area contributed by atoms with Crippen molar-refractivity contribution in [3.05, 3.63) is 0 Å². The highest BCUT2D eigenvalue weighted by molar-refractivity contribution is 5.76. The molecule has 1 unspecified atom stereocenters. The third kappa shape index (κ3) is 4.10. The summed E-state index contributed by atoms with van der Waals surface area (Å²) in [4.78, 5) is 13.7. The second kappa shape index (κ2) is 6.86. The first-order valence-corrected chi connectivity index (χ1v) is 6.09. The van der Waals surface area contributed by atoms with Crippen LogP contribution in [0.3, 0.4) is 0 Å². The van der Waals surface area contributed by atoms with Crippen molar-refractivity contribution in [2.45, 2.75) is 38.1 Å². The molecule has 0 spiro atoms. The largest absolute Gasteiger partial charge is 0.468 e. The molecule has 1 N–H and O–H groups in total. The van der Waals surface area contributed by atoms with Crippen molar-refractivity contribution < 1.29 is 14.6 Å². The lowest BCUT2D eigenvalue weighted by Crippen LogP contribution is -2.41. The summed E-state index contributed by atoms with van der Waals surface area (Å²) in [5.41, 5.74) is 0. The number of nitrogens with zero attached hydrogens (tertiary/aromatic N) is 1. The van der Waals surface area contributed by atoms with Crippen LogP contribution in [-0.4, -0.2) is 49.3 Å². The van der Waals surface area contributed by atoms with Gasteiger partial charge in [0.2, 0.25) is 0 Å².